The zero-order valence-electron chi connectivity index (χ0n) is 14.5. The molecular weight excluding hydrogens is 356 g/mol. The summed E-state index contributed by atoms with van der Waals surface area (Å²) >= 11 is 1.63. The van der Waals surface area contributed by atoms with Gasteiger partial charge in [-0.05, 0) is 50.9 Å². The predicted molar refractivity (Wildman–Crippen MR) is 103 cm³/mol. The molecule has 0 bridgehead atoms. The Bertz CT molecular complexity index is 658. The summed E-state index contributed by atoms with van der Waals surface area (Å²) in [6.07, 6.45) is 4.13. The van der Waals surface area contributed by atoms with Crippen molar-refractivity contribution in [3.63, 3.8) is 0 Å². The molecule has 0 aromatic carbocycles. The normalized spacial score (nSPS) is 16.4. The van der Waals surface area contributed by atoms with Gasteiger partial charge < -0.3 is 10.2 Å². The van der Waals surface area contributed by atoms with Crippen LogP contribution in [-0.2, 0) is 17.8 Å². The van der Waals surface area contributed by atoms with Gasteiger partial charge in [0.25, 0.3) is 0 Å². The van der Waals surface area contributed by atoms with Crippen LogP contribution in [0.2, 0.25) is 0 Å². The number of carbonyl (C=O) groups is 1. The minimum Gasteiger partial charge on any atom is -0.337 e. The van der Waals surface area contributed by atoms with E-state index in [4.69, 9.17) is 0 Å². The average molecular weight is 381 g/mol. The number of thiazole rings is 1. The predicted octanol–water partition coefficient (Wildman–Crippen LogP) is 2.84. The maximum Gasteiger partial charge on any atom is 0.223 e. The van der Waals surface area contributed by atoms with Gasteiger partial charge in [0.2, 0.25) is 5.91 Å². The van der Waals surface area contributed by atoms with Crippen LogP contribution in [-0.4, -0.2) is 40.4 Å². The number of hydrogen-bond donors (Lipinski definition) is 1. The topological polar surface area (TPSA) is 58.1 Å². The average Bonchev–Trinajstić information content (AvgIpc) is 3.25. The molecule has 0 aliphatic carbocycles. The summed E-state index contributed by atoms with van der Waals surface area (Å²) in [5.74, 6) is 0.761. The maximum absolute atomic E-state index is 12.8. The van der Waals surface area contributed by atoms with Crippen LogP contribution < -0.4 is 5.32 Å². The van der Waals surface area contributed by atoms with Crippen molar-refractivity contribution in [2.75, 3.05) is 19.6 Å². The van der Waals surface area contributed by atoms with E-state index in [-0.39, 0.29) is 18.3 Å². The van der Waals surface area contributed by atoms with Crippen LogP contribution in [0.15, 0.2) is 29.9 Å². The van der Waals surface area contributed by atoms with E-state index in [0.29, 0.717) is 25.3 Å². The minimum atomic E-state index is 0. The lowest BCUT2D eigenvalue weighted by Gasteiger charge is -2.25. The molecule has 0 spiro atoms. The Kier molecular flexibility index (Phi) is 7.81. The molecule has 1 saturated heterocycles. The zero-order chi connectivity index (χ0) is 16.8. The molecule has 1 unspecified atom stereocenters. The number of aryl methyl sites for hydroxylation is 2. The summed E-state index contributed by atoms with van der Waals surface area (Å²) < 4.78 is 0. The lowest BCUT2D eigenvalue weighted by Crippen LogP contribution is -2.35. The highest BCUT2D eigenvalue weighted by Crippen LogP contribution is 2.19. The molecule has 1 atom stereocenters. The Morgan fingerprint density at radius 3 is 2.92 bits per heavy atom. The molecule has 1 aliphatic rings. The third-order valence-electron chi connectivity index (χ3n) is 4.49. The van der Waals surface area contributed by atoms with Crippen molar-refractivity contribution in [1.29, 1.82) is 0 Å². The second kappa shape index (κ2) is 9.85. The molecule has 7 heteroatoms. The number of pyridine rings is 1. The summed E-state index contributed by atoms with van der Waals surface area (Å²) in [7, 11) is 0. The van der Waals surface area contributed by atoms with Crippen molar-refractivity contribution in [3.05, 3.63) is 46.2 Å². The fourth-order valence-electron chi connectivity index (χ4n) is 3.03. The van der Waals surface area contributed by atoms with Gasteiger partial charge in [0.1, 0.15) is 0 Å². The molecule has 1 N–H and O–H groups in total. The van der Waals surface area contributed by atoms with Gasteiger partial charge in [-0.2, -0.15) is 0 Å². The second-order valence-corrected chi connectivity index (χ2v) is 7.25. The highest BCUT2D eigenvalue weighted by molar-refractivity contribution is 7.09. The Morgan fingerprint density at radius 1 is 1.40 bits per heavy atom. The van der Waals surface area contributed by atoms with Gasteiger partial charge in [-0.3, -0.25) is 9.78 Å². The summed E-state index contributed by atoms with van der Waals surface area (Å²) in [5.41, 5.74) is 3.87. The highest BCUT2D eigenvalue weighted by Gasteiger charge is 2.22. The van der Waals surface area contributed by atoms with E-state index < -0.39 is 0 Å². The number of hydrogen-bond acceptors (Lipinski definition) is 5. The van der Waals surface area contributed by atoms with E-state index in [1.165, 1.54) is 4.88 Å². The summed E-state index contributed by atoms with van der Waals surface area (Å²) in [6, 6.07) is 5.85. The molecule has 1 aliphatic heterocycles. The lowest BCUT2D eigenvalue weighted by atomic mass is 10.1. The second-order valence-electron chi connectivity index (χ2n) is 6.32. The van der Waals surface area contributed by atoms with Crippen LogP contribution in [0.25, 0.3) is 0 Å². The van der Waals surface area contributed by atoms with Gasteiger partial charge in [-0.25, -0.2) is 4.98 Å². The molecule has 1 amide bonds. The van der Waals surface area contributed by atoms with Crippen molar-refractivity contribution in [1.82, 2.24) is 20.2 Å². The molecule has 2 aromatic heterocycles. The molecular formula is C18H25ClN4OS. The molecule has 1 fully saturated rings. The van der Waals surface area contributed by atoms with E-state index >= 15 is 0 Å². The number of nitrogens with one attached hydrogen (secondary N) is 1. The molecule has 0 saturated carbocycles. The van der Waals surface area contributed by atoms with E-state index in [1.807, 2.05) is 35.5 Å². The van der Waals surface area contributed by atoms with Crippen LogP contribution in [0.1, 0.15) is 29.1 Å². The Labute approximate surface area is 159 Å². The van der Waals surface area contributed by atoms with Gasteiger partial charge in [0.05, 0.1) is 17.7 Å². The minimum absolute atomic E-state index is 0. The molecule has 0 radical (unpaired) electrons. The van der Waals surface area contributed by atoms with Crippen LogP contribution >= 0.6 is 23.7 Å². The largest absolute Gasteiger partial charge is 0.337 e. The smallest absolute Gasteiger partial charge is 0.223 e. The third kappa shape index (κ3) is 5.76. The van der Waals surface area contributed by atoms with Crippen molar-refractivity contribution in [3.8, 4) is 0 Å². The number of rotatable bonds is 7. The summed E-state index contributed by atoms with van der Waals surface area (Å²) in [4.78, 5) is 24.6. The number of amides is 1. The van der Waals surface area contributed by atoms with E-state index in [9.17, 15) is 4.79 Å². The number of aromatic nitrogens is 2. The van der Waals surface area contributed by atoms with Crippen LogP contribution in [0.3, 0.4) is 0 Å². The lowest BCUT2D eigenvalue weighted by molar-refractivity contribution is -0.132. The van der Waals surface area contributed by atoms with Gasteiger partial charge >= 0.3 is 0 Å². The number of halogens is 1. The first-order chi connectivity index (χ1) is 11.7. The van der Waals surface area contributed by atoms with E-state index in [1.54, 1.807) is 17.5 Å². The first-order valence-corrected chi connectivity index (χ1v) is 9.37. The Morgan fingerprint density at radius 2 is 2.28 bits per heavy atom. The van der Waals surface area contributed by atoms with Crippen molar-refractivity contribution < 1.29 is 4.79 Å². The zero-order valence-corrected chi connectivity index (χ0v) is 16.1. The Hall–Kier alpha value is -1.50. The van der Waals surface area contributed by atoms with E-state index in [2.05, 4.69) is 15.3 Å². The Balaban J connectivity index is 0.00000225. The molecule has 2 aromatic rings. The van der Waals surface area contributed by atoms with Crippen LogP contribution in [0, 0.1) is 12.8 Å². The molecule has 5 nitrogen and oxygen atoms in total. The summed E-state index contributed by atoms with van der Waals surface area (Å²) in [6.45, 7) is 5.57. The van der Waals surface area contributed by atoms with Gasteiger partial charge in [0.15, 0.2) is 0 Å². The van der Waals surface area contributed by atoms with Crippen molar-refractivity contribution in [2.45, 2.75) is 32.7 Å². The van der Waals surface area contributed by atoms with Crippen LogP contribution in [0.4, 0.5) is 0 Å². The van der Waals surface area contributed by atoms with Gasteiger partial charge in [-0.15, -0.1) is 23.7 Å². The standard InChI is InChI=1S/C18H24N4OS.ClH/c1-14-17(24-13-21-14)12-22(11-15-7-9-19-10-15)18(23)6-5-16-4-2-3-8-20-16;/h2-4,8,13,15,19H,5-7,9-12H2,1H3;1H. The fraction of sp³-hybridized carbons (Fsp3) is 0.500. The maximum atomic E-state index is 12.8. The molecule has 3 rings (SSSR count). The molecule has 136 valence electrons. The fourth-order valence-corrected chi connectivity index (χ4v) is 3.82. The first kappa shape index (κ1) is 19.8. The van der Waals surface area contributed by atoms with Gasteiger partial charge in [-0.1, -0.05) is 6.07 Å². The first-order valence-electron chi connectivity index (χ1n) is 8.49. The SMILES string of the molecule is Cc1ncsc1CN(CC1CCNC1)C(=O)CCc1ccccn1.Cl. The third-order valence-corrected chi connectivity index (χ3v) is 5.41. The highest BCUT2D eigenvalue weighted by atomic mass is 35.5. The van der Waals surface area contributed by atoms with E-state index in [0.717, 1.165) is 37.4 Å². The number of nitrogens with zero attached hydrogens (tertiary/aromatic N) is 3. The van der Waals surface area contributed by atoms with Crippen molar-refractivity contribution in [2.24, 2.45) is 5.92 Å². The quantitative estimate of drug-likeness (QED) is 0.802. The molecule has 25 heavy (non-hydrogen) atoms. The molecule has 3 heterocycles. The monoisotopic (exact) mass is 380 g/mol. The summed E-state index contributed by atoms with van der Waals surface area (Å²) in [5, 5.41) is 3.39. The van der Waals surface area contributed by atoms with Crippen molar-refractivity contribution >= 4 is 29.7 Å². The van der Waals surface area contributed by atoms with Crippen LogP contribution in [0.5, 0.6) is 0 Å². The van der Waals surface area contributed by atoms with Gasteiger partial charge in [0, 0.05) is 29.7 Å². The number of carbonyl (C=O) groups excluding carboxylic acids is 1.